The molecule has 0 rings (SSSR count). The van der Waals surface area contributed by atoms with Gasteiger partial charge in [-0.25, -0.2) is 0 Å². The van der Waals surface area contributed by atoms with Crippen molar-refractivity contribution in [2.24, 2.45) is 0 Å². The quantitative estimate of drug-likeness (QED) is 0.534. The van der Waals surface area contributed by atoms with Gasteiger partial charge in [-0.3, -0.25) is 0 Å². The molecule has 0 aromatic rings. The second kappa shape index (κ2) is 15.7. The third-order valence-corrected chi connectivity index (χ3v) is 0.846. The van der Waals surface area contributed by atoms with Gasteiger partial charge in [-0.05, 0) is 13.3 Å². The summed E-state index contributed by atoms with van der Waals surface area (Å²) in [6.07, 6.45) is 2.44. The summed E-state index contributed by atoms with van der Waals surface area (Å²) in [5.41, 5.74) is 0. The lowest BCUT2D eigenvalue weighted by Crippen LogP contribution is -1.90. The van der Waals surface area contributed by atoms with Gasteiger partial charge in [0.1, 0.15) is 0 Å². The first kappa shape index (κ1) is 11.7. The smallest absolute Gasteiger partial charge is 0.0465 e. The van der Waals surface area contributed by atoms with Crippen LogP contribution in [0.15, 0.2) is 0 Å². The highest BCUT2D eigenvalue weighted by atomic mass is 16.5. The maximum absolute atomic E-state index is 5.07. The van der Waals surface area contributed by atoms with Gasteiger partial charge in [-0.15, -0.1) is 0 Å². The Morgan fingerprint density at radius 1 is 1.11 bits per heavy atom. The Balaban J connectivity index is 0. The fourth-order valence-corrected chi connectivity index (χ4v) is 0.391. The lowest BCUT2D eigenvalue weighted by atomic mass is 10.4. The molecule has 0 unspecified atom stereocenters. The van der Waals surface area contributed by atoms with Gasteiger partial charge in [0, 0.05) is 13.2 Å². The van der Waals surface area contributed by atoms with E-state index in [1.54, 1.807) is 0 Å². The standard InChI is InChI=1S/C6H14O.C2H6/c1-3-5-6-7-4-2;1-2/h3-6H2,1-2H3;1-2H3. The van der Waals surface area contributed by atoms with Gasteiger partial charge in [0.15, 0.2) is 0 Å². The van der Waals surface area contributed by atoms with Crippen molar-refractivity contribution >= 4 is 0 Å². The maximum Gasteiger partial charge on any atom is 0.0465 e. The predicted octanol–water partition coefficient (Wildman–Crippen LogP) is 2.85. The van der Waals surface area contributed by atoms with Crippen LogP contribution in [0.4, 0.5) is 0 Å². The van der Waals surface area contributed by atoms with E-state index in [4.69, 9.17) is 4.74 Å². The molecule has 0 aliphatic rings. The Morgan fingerprint density at radius 2 is 1.67 bits per heavy atom. The Kier molecular flexibility index (Phi) is 20.4. The molecule has 0 fully saturated rings. The van der Waals surface area contributed by atoms with Crippen molar-refractivity contribution < 1.29 is 4.74 Å². The third kappa shape index (κ3) is 18.0. The summed E-state index contributed by atoms with van der Waals surface area (Å²) in [6, 6.07) is 0. The lowest BCUT2D eigenvalue weighted by molar-refractivity contribution is 0.144. The molecule has 0 aromatic carbocycles. The Labute approximate surface area is 59.4 Å². The van der Waals surface area contributed by atoms with E-state index in [1.165, 1.54) is 12.8 Å². The van der Waals surface area contributed by atoms with Gasteiger partial charge < -0.3 is 4.74 Å². The van der Waals surface area contributed by atoms with Gasteiger partial charge in [0.05, 0.1) is 0 Å². The summed E-state index contributed by atoms with van der Waals surface area (Å²) >= 11 is 0. The molecule has 0 N–H and O–H groups in total. The second-order valence-electron chi connectivity index (χ2n) is 1.55. The number of unbranched alkanes of at least 4 members (excludes halogenated alkanes) is 1. The molecule has 1 nitrogen and oxygen atoms in total. The Bertz CT molecular complexity index is 23.7. The van der Waals surface area contributed by atoms with E-state index in [1.807, 2.05) is 20.8 Å². The molecule has 1 heteroatoms. The predicted molar refractivity (Wildman–Crippen MR) is 42.7 cm³/mol. The minimum atomic E-state index is 0.861. The van der Waals surface area contributed by atoms with Crippen LogP contribution in [0.1, 0.15) is 40.5 Å². The van der Waals surface area contributed by atoms with Crippen LogP contribution in [0.2, 0.25) is 0 Å². The molecular formula is C8H20O. The first-order valence-corrected chi connectivity index (χ1v) is 3.99. The molecule has 0 amide bonds. The molecule has 0 saturated heterocycles. The Morgan fingerprint density at radius 3 is 2.00 bits per heavy atom. The van der Waals surface area contributed by atoms with Crippen LogP contribution in [-0.4, -0.2) is 13.2 Å². The average Bonchev–Trinajstić information content (AvgIpc) is 1.94. The van der Waals surface area contributed by atoms with Gasteiger partial charge in [-0.2, -0.15) is 0 Å². The van der Waals surface area contributed by atoms with Crippen molar-refractivity contribution in [2.75, 3.05) is 13.2 Å². The summed E-state index contributed by atoms with van der Waals surface area (Å²) in [5, 5.41) is 0. The summed E-state index contributed by atoms with van der Waals surface area (Å²) < 4.78 is 5.07. The monoisotopic (exact) mass is 132 g/mol. The highest BCUT2D eigenvalue weighted by Crippen LogP contribution is 1.85. The van der Waals surface area contributed by atoms with Gasteiger partial charge in [-0.1, -0.05) is 27.2 Å². The molecule has 0 heterocycles. The molecule has 0 aromatic heterocycles. The fourth-order valence-electron chi connectivity index (χ4n) is 0.391. The average molecular weight is 132 g/mol. The molecule has 0 atom stereocenters. The zero-order valence-electron chi connectivity index (χ0n) is 7.24. The van der Waals surface area contributed by atoms with Crippen LogP contribution in [-0.2, 0) is 4.74 Å². The van der Waals surface area contributed by atoms with Gasteiger partial charge in [0.2, 0.25) is 0 Å². The second-order valence-corrected chi connectivity index (χ2v) is 1.55. The maximum atomic E-state index is 5.07. The van der Waals surface area contributed by atoms with Crippen molar-refractivity contribution in [1.29, 1.82) is 0 Å². The molecule has 0 bridgehead atoms. The first-order chi connectivity index (χ1) is 4.41. The molecule has 9 heavy (non-hydrogen) atoms. The zero-order chi connectivity index (χ0) is 7.54. The molecule has 0 radical (unpaired) electrons. The molecule has 0 aliphatic heterocycles. The van der Waals surface area contributed by atoms with E-state index >= 15 is 0 Å². The summed E-state index contributed by atoms with van der Waals surface area (Å²) in [6.45, 7) is 9.99. The van der Waals surface area contributed by atoms with Crippen LogP contribution in [0.5, 0.6) is 0 Å². The van der Waals surface area contributed by atoms with Crippen molar-refractivity contribution in [3.8, 4) is 0 Å². The lowest BCUT2D eigenvalue weighted by Gasteiger charge is -1.94. The normalized spacial score (nSPS) is 8.00. The van der Waals surface area contributed by atoms with Crippen LogP contribution in [0, 0.1) is 0 Å². The van der Waals surface area contributed by atoms with Crippen molar-refractivity contribution in [1.82, 2.24) is 0 Å². The minimum absolute atomic E-state index is 0.861. The van der Waals surface area contributed by atoms with E-state index in [9.17, 15) is 0 Å². The molecular weight excluding hydrogens is 112 g/mol. The molecule has 58 valence electrons. The number of hydrogen-bond acceptors (Lipinski definition) is 1. The zero-order valence-corrected chi connectivity index (χ0v) is 7.24. The minimum Gasteiger partial charge on any atom is -0.382 e. The van der Waals surface area contributed by atoms with Crippen LogP contribution in [0.25, 0.3) is 0 Å². The van der Waals surface area contributed by atoms with E-state index < -0.39 is 0 Å². The SMILES string of the molecule is CC.CCCCOCC. The number of hydrogen-bond donors (Lipinski definition) is 0. The molecule has 0 aliphatic carbocycles. The van der Waals surface area contributed by atoms with Crippen LogP contribution in [0.3, 0.4) is 0 Å². The summed E-state index contributed by atoms with van der Waals surface area (Å²) in [5.74, 6) is 0. The Hall–Kier alpha value is -0.0400. The third-order valence-electron chi connectivity index (χ3n) is 0.846. The molecule has 0 spiro atoms. The van der Waals surface area contributed by atoms with Crippen molar-refractivity contribution in [3.63, 3.8) is 0 Å². The fraction of sp³-hybridized carbons (Fsp3) is 1.00. The number of rotatable bonds is 4. The molecule has 0 saturated carbocycles. The van der Waals surface area contributed by atoms with E-state index in [-0.39, 0.29) is 0 Å². The van der Waals surface area contributed by atoms with Crippen LogP contribution < -0.4 is 0 Å². The van der Waals surface area contributed by atoms with Crippen molar-refractivity contribution in [2.45, 2.75) is 40.5 Å². The highest BCUT2D eigenvalue weighted by molar-refractivity contribution is 4.28. The van der Waals surface area contributed by atoms with Crippen LogP contribution >= 0.6 is 0 Å². The van der Waals surface area contributed by atoms with Crippen molar-refractivity contribution in [3.05, 3.63) is 0 Å². The van der Waals surface area contributed by atoms with E-state index in [2.05, 4.69) is 6.92 Å². The largest absolute Gasteiger partial charge is 0.382 e. The van der Waals surface area contributed by atoms with E-state index in [0.717, 1.165) is 13.2 Å². The topological polar surface area (TPSA) is 9.23 Å². The first-order valence-electron chi connectivity index (χ1n) is 3.99. The van der Waals surface area contributed by atoms with Gasteiger partial charge in [0.25, 0.3) is 0 Å². The summed E-state index contributed by atoms with van der Waals surface area (Å²) in [7, 11) is 0. The highest BCUT2D eigenvalue weighted by Gasteiger charge is 1.78. The van der Waals surface area contributed by atoms with E-state index in [0.29, 0.717) is 0 Å². The number of ether oxygens (including phenoxy) is 1. The summed E-state index contributed by atoms with van der Waals surface area (Å²) in [4.78, 5) is 0. The van der Waals surface area contributed by atoms with Gasteiger partial charge >= 0.3 is 0 Å².